The number of aromatic nitrogens is 2. The number of carboxylic acids is 1. The summed E-state index contributed by atoms with van der Waals surface area (Å²) in [7, 11) is 0. The minimum Gasteiger partial charge on any atom is -0.478 e. The molecule has 1 heterocycles. The van der Waals surface area contributed by atoms with E-state index in [0.717, 1.165) is 0 Å². The van der Waals surface area contributed by atoms with E-state index in [2.05, 4.69) is 5.10 Å². The molecule has 8 heteroatoms. The van der Waals surface area contributed by atoms with Crippen LogP contribution in [0, 0.1) is 11.3 Å². The zero-order chi connectivity index (χ0) is 11.6. The summed E-state index contributed by atoms with van der Waals surface area (Å²) in [5.41, 5.74) is -2.46. The molecule has 5 nitrogen and oxygen atoms in total. The number of carboxylic acid groups (broad SMARTS) is 1. The van der Waals surface area contributed by atoms with Gasteiger partial charge in [-0.2, -0.15) is 23.5 Å². The van der Waals surface area contributed by atoms with Crippen molar-refractivity contribution in [2.24, 2.45) is 0 Å². The number of carbonyl (C=O) groups is 1. The lowest BCUT2D eigenvalue weighted by Gasteiger charge is -2.02. The monoisotopic (exact) mass is 219 g/mol. The first-order valence-corrected chi connectivity index (χ1v) is 3.61. The first-order chi connectivity index (χ1) is 6.86. The number of hydrogen-bond donors (Lipinski definition) is 1. The molecule has 0 saturated carbocycles. The average molecular weight is 219 g/mol. The van der Waals surface area contributed by atoms with Crippen LogP contribution in [0.2, 0.25) is 0 Å². The molecule has 0 unspecified atom stereocenters. The Morgan fingerprint density at radius 3 is 2.60 bits per heavy atom. The predicted octanol–water partition coefficient (Wildman–Crippen LogP) is 1.12. The Bertz CT molecular complexity index is 430. The Hall–Kier alpha value is -2.04. The summed E-state index contributed by atoms with van der Waals surface area (Å²) in [6.07, 6.45) is -4.16. The summed E-state index contributed by atoms with van der Waals surface area (Å²) in [5, 5.41) is 19.7. The van der Waals surface area contributed by atoms with Crippen LogP contribution < -0.4 is 0 Å². The number of aromatic carboxylic acids is 1. The standard InChI is InChI=1S/C7H4F3N3O2/c8-7(9,10)5-4(6(14)15)3-13(12-5)2-1-11/h3H,2H2,(H,14,15). The topological polar surface area (TPSA) is 78.9 Å². The van der Waals surface area contributed by atoms with Gasteiger partial charge >= 0.3 is 12.1 Å². The quantitative estimate of drug-likeness (QED) is 0.808. The number of alkyl halides is 3. The summed E-state index contributed by atoms with van der Waals surface area (Å²) in [4.78, 5) is 10.4. The van der Waals surface area contributed by atoms with Crippen molar-refractivity contribution in [1.29, 1.82) is 5.26 Å². The van der Waals surface area contributed by atoms with Gasteiger partial charge in [0.25, 0.3) is 0 Å². The van der Waals surface area contributed by atoms with Crippen LogP contribution >= 0.6 is 0 Å². The number of rotatable bonds is 2. The average Bonchev–Trinajstić information content (AvgIpc) is 2.48. The van der Waals surface area contributed by atoms with E-state index in [1.54, 1.807) is 6.07 Å². The molecule has 0 amide bonds. The van der Waals surface area contributed by atoms with Gasteiger partial charge in [-0.15, -0.1) is 0 Å². The van der Waals surface area contributed by atoms with Crippen molar-refractivity contribution >= 4 is 5.97 Å². The third kappa shape index (κ3) is 2.25. The van der Waals surface area contributed by atoms with E-state index in [1.165, 1.54) is 0 Å². The second-order valence-corrected chi connectivity index (χ2v) is 2.55. The van der Waals surface area contributed by atoms with Crippen LogP contribution in [0.3, 0.4) is 0 Å². The first-order valence-electron chi connectivity index (χ1n) is 3.61. The Balaban J connectivity index is 3.25. The van der Waals surface area contributed by atoms with Crippen LogP contribution in [0.5, 0.6) is 0 Å². The smallest absolute Gasteiger partial charge is 0.436 e. The maximum absolute atomic E-state index is 12.2. The molecule has 0 fully saturated rings. The molecule has 0 saturated heterocycles. The van der Waals surface area contributed by atoms with Gasteiger partial charge in [0.1, 0.15) is 12.1 Å². The fourth-order valence-corrected chi connectivity index (χ4v) is 0.941. The van der Waals surface area contributed by atoms with Gasteiger partial charge in [0.2, 0.25) is 0 Å². The number of nitrogens with zero attached hydrogens (tertiary/aromatic N) is 3. The minimum absolute atomic E-state index is 0.434. The van der Waals surface area contributed by atoms with Crippen LogP contribution in [0.4, 0.5) is 13.2 Å². The molecule has 0 aliphatic heterocycles. The molecule has 80 valence electrons. The predicted molar refractivity (Wildman–Crippen MR) is 39.8 cm³/mol. The Kier molecular flexibility index (Phi) is 2.65. The van der Waals surface area contributed by atoms with Crippen molar-refractivity contribution in [1.82, 2.24) is 9.78 Å². The lowest BCUT2D eigenvalue weighted by atomic mass is 10.2. The molecule has 1 aromatic heterocycles. The van der Waals surface area contributed by atoms with E-state index in [-0.39, 0.29) is 0 Å². The molecule has 0 aliphatic carbocycles. The van der Waals surface area contributed by atoms with Crippen molar-refractivity contribution in [3.8, 4) is 6.07 Å². The second-order valence-electron chi connectivity index (χ2n) is 2.55. The number of halogens is 3. The molecule has 1 N–H and O–H groups in total. The summed E-state index contributed by atoms with van der Waals surface area (Å²) in [5.74, 6) is -1.73. The van der Waals surface area contributed by atoms with E-state index in [4.69, 9.17) is 10.4 Å². The third-order valence-electron chi connectivity index (χ3n) is 1.49. The highest BCUT2D eigenvalue weighted by Crippen LogP contribution is 2.30. The molecule has 0 aliphatic rings. The second kappa shape index (κ2) is 3.61. The number of hydrogen-bond acceptors (Lipinski definition) is 3. The van der Waals surface area contributed by atoms with Crippen molar-refractivity contribution in [2.75, 3.05) is 0 Å². The van der Waals surface area contributed by atoms with Crippen molar-refractivity contribution < 1.29 is 23.1 Å². The molecule has 1 aromatic rings. The van der Waals surface area contributed by atoms with Crippen molar-refractivity contribution in [3.63, 3.8) is 0 Å². The van der Waals surface area contributed by atoms with Crippen molar-refractivity contribution in [3.05, 3.63) is 17.5 Å². The third-order valence-corrected chi connectivity index (χ3v) is 1.49. The maximum atomic E-state index is 12.2. The van der Waals surface area contributed by atoms with Crippen LogP contribution in [0.1, 0.15) is 16.1 Å². The zero-order valence-corrected chi connectivity index (χ0v) is 7.12. The molecule has 0 atom stereocenters. The fourth-order valence-electron chi connectivity index (χ4n) is 0.941. The molecule has 0 radical (unpaired) electrons. The number of nitriles is 1. The van der Waals surface area contributed by atoms with Crippen LogP contribution in [0.25, 0.3) is 0 Å². The molecule has 0 bridgehead atoms. The largest absolute Gasteiger partial charge is 0.478 e. The van der Waals surface area contributed by atoms with Crippen molar-refractivity contribution in [2.45, 2.75) is 12.7 Å². The van der Waals surface area contributed by atoms with Gasteiger partial charge < -0.3 is 5.11 Å². The van der Waals surface area contributed by atoms with E-state index >= 15 is 0 Å². The van der Waals surface area contributed by atoms with Gasteiger partial charge in [-0.3, -0.25) is 4.68 Å². The fraction of sp³-hybridized carbons (Fsp3) is 0.286. The molecule has 1 rings (SSSR count). The lowest BCUT2D eigenvalue weighted by molar-refractivity contribution is -0.142. The van der Waals surface area contributed by atoms with Gasteiger partial charge in [0, 0.05) is 6.20 Å². The summed E-state index contributed by atoms with van der Waals surface area (Å²) in [6, 6.07) is 1.56. The summed E-state index contributed by atoms with van der Waals surface area (Å²) in [6.45, 7) is -0.434. The summed E-state index contributed by atoms with van der Waals surface area (Å²) >= 11 is 0. The van der Waals surface area contributed by atoms with E-state index < -0.39 is 29.9 Å². The van der Waals surface area contributed by atoms with Gasteiger partial charge in [-0.1, -0.05) is 0 Å². The SMILES string of the molecule is N#CCn1cc(C(=O)O)c(C(F)(F)F)n1. The van der Waals surface area contributed by atoms with E-state index in [9.17, 15) is 18.0 Å². The van der Waals surface area contributed by atoms with Gasteiger partial charge in [0.15, 0.2) is 5.69 Å². The van der Waals surface area contributed by atoms with Gasteiger partial charge in [-0.05, 0) is 0 Å². The van der Waals surface area contributed by atoms with Gasteiger partial charge in [-0.25, -0.2) is 4.79 Å². The highest BCUT2D eigenvalue weighted by molar-refractivity contribution is 5.88. The minimum atomic E-state index is -4.84. The lowest BCUT2D eigenvalue weighted by Crippen LogP contribution is -2.12. The molecule has 15 heavy (non-hydrogen) atoms. The first kappa shape index (κ1) is 11.0. The highest BCUT2D eigenvalue weighted by atomic mass is 19.4. The maximum Gasteiger partial charge on any atom is 0.436 e. The van der Waals surface area contributed by atoms with Crippen LogP contribution in [-0.4, -0.2) is 20.9 Å². The van der Waals surface area contributed by atoms with E-state index in [0.29, 0.717) is 10.9 Å². The zero-order valence-electron chi connectivity index (χ0n) is 7.12. The summed E-state index contributed by atoms with van der Waals surface area (Å²) < 4.78 is 37.4. The molecular weight excluding hydrogens is 215 g/mol. The van der Waals surface area contributed by atoms with Crippen LogP contribution in [0.15, 0.2) is 6.20 Å². The Morgan fingerprint density at radius 2 is 2.27 bits per heavy atom. The highest BCUT2D eigenvalue weighted by Gasteiger charge is 2.39. The van der Waals surface area contributed by atoms with E-state index in [1.807, 2.05) is 0 Å². The normalized spacial score (nSPS) is 11.1. The van der Waals surface area contributed by atoms with Gasteiger partial charge in [0.05, 0.1) is 6.07 Å². The molecular formula is C7H4F3N3O2. The van der Waals surface area contributed by atoms with Crippen LogP contribution in [-0.2, 0) is 12.7 Å². The Morgan fingerprint density at radius 1 is 1.67 bits per heavy atom. The molecule has 0 aromatic carbocycles. The Labute approximate surface area is 81.3 Å². The molecule has 0 spiro atoms.